The molecule has 0 radical (unpaired) electrons. The predicted octanol–water partition coefficient (Wildman–Crippen LogP) is 4.88. The maximum absolute atomic E-state index is 11.5. The van der Waals surface area contributed by atoms with Gasteiger partial charge in [0.1, 0.15) is 3.92 Å². The second-order valence-electron chi connectivity index (χ2n) is 4.55. The lowest BCUT2D eigenvalue weighted by atomic mass is 10.1. The summed E-state index contributed by atoms with van der Waals surface area (Å²) in [7, 11) is 0. The Morgan fingerprint density at radius 1 is 1.00 bits per heavy atom. The summed E-state index contributed by atoms with van der Waals surface area (Å²) in [4.78, 5) is 11.5. The van der Waals surface area contributed by atoms with Crippen LogP contribution in [0.5, 0.6) is 0 Å². The zero-order valence-electron chi connectivity index (χ0n) is 11.3. The number of carbonyl (C=O) groups is 1. The van der Waals surface area contributed by atoms with Gasteiger partial charge < -0.3 is 4.74 Å². The van der Waals surface area contributed by atoms with Gasteiger partial charge in [-0.15, -0.1) is 0 Å². The Balaban J connectivity index is 3.24. The van der Waals surface area contributed by atoms with E-state index in [1.807, 2.05) is 0 Å². The van der Waals surface area contributed by atoms with Crippen molar-refractivity contribution in [2.24, 2.45) is 0 Å². The van der Waals surface area contributed by atoms with E-state index in [-0.39, 0.29) is 9.89 Å². The van der Waals surface area contributed by atoms with Gasteiger partial charge >= 0.3 is 5.97 Å². The summed E-state index contributed by atoms with van der Waals surface area (Å²) >= 11 is 2.18. The van der Waals surface area contributed by atoms with Gasteiger partial charge in [-0.3, -0.25) is 4.79 Å². The van der Waals surface area contributed by atoms with Crippen LogP contribution in [0.15, 0.2) is 0 Å². The number of alkyl halides is 1. The summed E-state index contributed by atoms with van der Waals surface area (Å²) in [5.41, 5.74) is 0. The lowest BCUT2D eigenvalue weighted by Gasteiger charge is -2.08. The van der Waals surface area contributed by atoms with E-state index in [1.54, 1.807) is 0 Å². The number of hydrogen-bond acceptors (Lipinski definition) is 2. The van der Waals surface area contributed by atoms with E-state index >= 15 is 0 Å². The Morgan fingerprint density at radius 3 is 2.18 bits per heavy atom. The summed E-state index contributed by atoms with van der Waals surface area (Å²) < 4.78 is 5.28. The molecule has 17 heavy (non-hydrogen) atoms. The summed E-state index contributed by atoms with van der Waals surface area (Å²) in [6.07, 6.45) is 10.8. The molecule has 0 heterocycles. The normalized spacial score (nSPS) is 12.4. The van der Waals surface area contributed by atoms with Gasteiger partial charge in [0, 0.05) is 0 Å². The van der Waals surface area contributed by atoms with E-state index in [2.05, 4.69) is 36.4 Å². The average Bonchev–Trinajstić information content (AvgIpc) is 2.32. The molecule has 0 aromatic heterocycles. The second kappa shape index (κ2) is 12.7. The molecule has 0 fully saturated rings. The fraction of sp³-hybridized carbons (Fsp3) is 0.929. The number of ether oxygens (including phenoxy) is 1. The SMILES string of the molecule is CCCCCCCCCOC(=O)C(I)CCC. The highest BCUT2D eigenvalue weighted by Crippen LogP contribution is 2.11. The van der Waals surface area contributed by atoms with Gasteiger partial charge in [0.25, 0.3) is 0 Å². The number of hydrogen-bond donors (Lipinski definition) is 0. The molecule has 2 nitrogen and oxygen atoms in total. The molecule has 1 unspecified atom stereocenters. The average molecular weight is 354 g/mol. The lowest BCUT2D eigenvalue weighted by Crippen LogP contribution is -2.17. The van der Waals surface area contributed by atoms with Crippen molar-refractivity contribution in [3.8, 4) is 0 Å². The van der Waals surface area contributed by atoms with Crippen molar-refractivity contribution in [1.82, 2.24) is 0 Å². The molecule has 0 rings (SSSR count). The standard InChI is InChI=1S/C14H27IO2/c1-3-5-6-7-8-9-10-12-17-14(16)13(15)11-4-2/h13H,3-12H2,1-2H3. The minimum atomic E-state index is -0.0292. The zero-order valence-corrected chi connectivity index (χ0v) is 13.5. The molecule has 0 saturated carbocycles. The summed E-state index contributed by atoms with van der Waals surface area (Å²) in [5.74, 6) is -0.0292. The molecule has 0 bridgehead atoms. The summed E-state index contributed by atoms with van der Waals surface area (Å²) in [6.45, 7) is 4.93. The van der Waals surface area contributed by atoms with Gasteiger partial charge in [-0.05, 0) is 12.8 Å². The molecular formula is C14H27IO2. The highest BCUT2D eigenvalue weighted by atomic mass is 127. The molecule has 0 N–H and O–H groups in total. The lowest BCUT2D eigenvalue weighted by molar-refractivity contribution is -0.142. The third kappa shape index (κ3) is 11.0. The van der Waals surface area contributed by atoms with Gasteiger partial charge in [-0.2, -0.15) is 0 Å². The number of unbranched alkanes of at least 4 members (excludes halogenated alkanes) is 6. The van der Waals surface area contributed by atoms with Crippen LogP contribution in [0.25, 0.3) is 0 Å². The molecule has 0 aliphatic heterocycles. The van der Waals surface area contributed by atoms with Gasteiger partial charge in [-0.1, -0.05) is 81.4 Å². The highest BCUT2D eigenvalue weighted by molar-refractivity contribution is 14.1. The smallest absolute Gasteiger partial charge is 0.318 e. The largest absolute Gasteiger partial charge is 0.465 e. The van der Waals surface area contributed by atoms with E-state index in [9.17, 15) is 4.79 Å². The fourth-order valence-corrected chi connectivity index (χ4v) is 2.50. The van der Waals surface area contributed by atoms with Gasteiger partial charge in [0.05, 0.1) is 6.61 Å². The Hall–Kier alpha value is 0.200. The van der Waals surface area contributed by atoms with Crippen LogP contribution >= 0.6 is 22.6 Å². The molecular weight excluding hydrogens is 327 g/mol. The topological polar surface area (TPSA) is 26.3 Å². The first-order chi connectivity index (χ1) is 8.22. The first kappa shape index (κ1) is 17.2. The van der Waals surface area contributed by atoms with Crippen molar-refractivity contribution in [2.75, 3.05) is 6.61 Å². The fourth-order valence-electron chi connectivity index (χ4n) is 1.69. The molecule has 0 aliphatic carbocycles. The molecule has 0 saturated heterocycles. The van der Waals surface area contributed by atoms with Crippen LogP contribution in [0.2, 0.25) is 0 Å². The van der Waals surface area contributed by atoms with Crippen molar-refractivity contribution in [3.63, 3.8) is 0 Å². The molecule has 3 heteroatoms. The zero-order chi connectivity index (χ0) is 12.9. The van der Waals surface area contributed by atoms with Crippen LogP contribution in [0.3, 0.4) is 0 Å². The summed E-state index contributed by atoms with van der Waals surface area (Å²) in [5, 5.41) is 0. The number of rotatable bonds is 11. The van der Waals surface area contributed by atoms with Crippen LogP contribution in [-0.2, 0) is 9.53 Å². The molecule has 1 atom stereocenters. The third-order valence-corrected chi connectivity index (χ3v) is 3.92. The van der Waals surface area contributed by atoms with Crippen LogP contribution in [-0.4, -0.2) is 16.5 Å². The van der Waals surface area contributed by atoms with E-state index in [0.29, 0.717) is 6.61 Å². The van der Waals surface area contributed by atoms with E-state index in [0.717, 1.165) is 19.3 Å². The van der Waals surface area contributed by atoms with E-state index in [1.165, 1.54) is 38.5 Å². The van der Waals surface area contributed by atoms with Crippen molar-refractivity contribution in [1.29, 1.82) is 0 Å². The van der Waals surface area contributed by atoms with Gasteiger partial charge in [0.2, 0.25) is 0 Å². The van der Waals surface area contributed by atoms with Crippen LogP contribution < -0.4 is 0 Å². The number of carbonyl (C=O) groups excluding carboxylic acids is 1. The molecule has 0 aromatic rings. The predicted molar refractivity (Wildman–Crippen MR) is 81.7 cm³/mol. The minimum absolute atomic E-state index is 0.0292. The maximum Gasteiger partial charge on any atom is 0.318 e. The van der Waals surface area contributed by atoms with Crippen molar-refractivity contribution < 1.29 is 9.53 Å². The Labute approximate surface area is 120 Å². The van der Waals surface area contributed by atoms with Gasteiger partial charge in [-0.25, -0.2) is 0 Å². The van der Waals surface area contributed by atoms with Crippen molar-refractivity contribution >= 4 is 28.6 Å². The Morgan fingerprint density at radius 2 is 1.59 bits per heavy atom. The van der Waals surface area contributed by atoms with Gasteiger partial charge in [0.15, 0.2) is 0 Å². The Bertz CT molecular complexity index is 183. The third-order valence-electron chi connectivity index (χ3n) is 2.79. The molecule has 0 spiro atoms. The van der Waals surface area contributed by atoms with E-state index in [4.69, 9.17) is 4.74 Å². The number of esters is 1. The molecule has 0 aromatic carbocycles. The summed E-state index contributed by atoms with van der Waals surface area (Å²) in [6, 6.07) is 0. The monoisotopic (exact) mass is 354 g/mol. The number of halogens is 1. The second-order valence-corrected chi connectivity index (χ2v) is 6.05. The quantitative estimate of drug-likeness (QED) is 0.229. The first-order valence-corrected chi connectivity index (χ1v) is 8.27. The van der Waals surface area contributed by atoms with E-state index < -0.39 is 0 Å². The Kier molecular flexibility index (Phi) is 12.8. The minimum Gasteiger partial charge on any atom is -0.465 e. The molecule has 102 valence electrons. The maximum atomic E-state index is 11.5. The van der Waals surface area contributed by atoms with Crippen molar-refractivity contribution in [2.45, 2.75) is 75.6 Å². The molecule has 0 aliphatic rings. The van der Waals surface area contributed by atoms with Crippen LogP contribution in [0.1, 0.15) is 71.6 Å². The first-order valence-electron chi connectivity index (χ1n) is 7.03. The van der Waals surface area contributed by atoms with Crippen LogP contribution in [0, 0.1) is 0 Å². The molecule has 0 amide bonds. The highest BCUT2D eigenvalue weighted by Gasteiger charge is 2.14. The van der Waals surface area contributed by atoms with Crippen LogP contribution in [0.4, 0.5) is 0 Å². The van der Waals surface area contributed by atoms with Crippen molar-refractivity contribution in [3.05, 3.63) is 0 Å².